The van der Waals surface area contributed by atoms with Crippen LogP contribution in [0.5, 0.6) is 11.5 Å². The molecule has 4 rings (SSSR count). The van der Waals surface area contributed by atoms with Crippen LogP contribution in [-0.4, -0.2) is 54.4 Å². The number of carbonyl (C=O) groups is 3. The van der Waals surface area contributed by atoms with Gasteiger partial charge in [0, 0.05) is 23.5 Å². The van der Waals surface area contributed by atoms with Gasteiger partial charge in [-0.25, -0.2) is 0 Å². The summed E-state index contributed by atoms with van der Waals surface area (Å²) in [7, 11) is 1.63. The number of fused-ring (bicyclic) bond motifs is 1. The van der Waals surface area contributed by atoms with Crippen molar-refractivity contribution in [2.75, 3.05) is 20.2 Å². The number of ether oxygens (including phenoxy) is 2. The Morgan fingerprint density at radius 3 is 2.34 bits per heavy atom. The summed E-state index contributed by atoms with van der Waals surface area (Å²) in [6.45, 7) is 0.676. The Bertz CT molecular complexity index is 1070. The fraction of sp³-hybridized carbons (Fsp3) is 0.423. The number of rotatable bonds is 9. The highest BCUT2D eigenvalue weighted by Crippen LogP contribution is 2.38. The maximum atomic E-state index is 12.5. The first kappa shape index (κ1) is 24.9. The van der Waals surface area contributed by atoms with Crippen molar-refractivity contribution in [3.63, 3.8) is 0 Å². The smallest absolute Gasteiger partial charge is 0.306 e. The molecule has 1 heterocycles. The van der Waals surface area contributed by atoms with Crippen LogP contribution in [0.1, 0.15) is 41.6 Å². The summed E-state index contributed by atoms with van der Waals surface area (Å²) in [5.74, 6) is 0.183. The molecule has 1 unspecified atom stereocenters. The lowest BCUT2D eigenvalue weighted by Gasteiger charge is -2.26. The minimum atomic E-state index is -0.734. The van der Waals surface area contributed by atoms with E-state index in [1.165, 1.54) is 0 Å². The monoisotopic (exact) mass is 498 g/mol. The van der Waals surface area contributed by atoms with Gasteiger partial charge in [-0.2, -0.15) is 0 Å². The number of methoxy groups -OCH3 is 1. The van der Waals surface area contributed by atoms with Gasteiger partial charge < -0.3 is 25.2 Å². The first-order chi connectivity index (χ1) is 16.9. The van der Waals surface area contributed by atoms with Gasteiger partial charge in [-0.1, -0.05) is 0 Å². The van der Waals surface area contributed by atoms with Gasteiger partial charge in [0.2, 0.25) is 5.91 Å². The van der Waals surface area contributed by atoms with Gasteiger partial charge in [0.25, 0.3) is 5.91 Å². The number of benzene rings is 2. The third-order valence-corrected chi connectivity index (χ3v) is 7.70. The third kappa shape index (κ3) is 6.48. The standard InChI is InChI=1S/C26H30N2O6S/c1-33-21-10-11-22-18(14-21)15-23(35-22)25(30)28-13-12-27-24(29)16-2-6-19(7-3-16)34-20-8-4-17(5-9-20)26(31)32/h2-3,6-7,10-11,14,17,20,23H,4-5,8-9,12-13,15H2,1H3,(H,27,29)(H,28,30)(H,31,32)/t17-,20+,23?. The summed E-state index contributed by atoms with van der Waals surface area (Å²) in [6, 6.07) is 12.8. The molecular weight excluding hydrogens is 468 g/mol. The maximum absolute atomic E-state index is 12.5. The molecule has 1 aliphatic heterocycles. The Morgan fingerprint density at radius 1 is 0.971 bits per heavy atom. The van der Waals surface area contributed by atoms with E-state index in [9.17, 15) is 14.4 Å². The molecular formula is C26H30N2O6S. The molecule has 1 atom stereocenters. The Labute approximate surface area is 208 Å². The number of carbonyl (C=O) groups excluding carboxylic acids is 2. The zero-order valence-electron chi connectivity index (χ0n) is 19.6. The van der Waals surface area contributed by atoms with Crippen LogP contribution in [-0.2, 0) is 16.0 Å². The molecule has 0 aromatic heterocycles. The van der Waals surface area contributed by atoms with E-state index >= 15 is 0 Å². The Kier molecular flexibility index (Phi) is 8.17. The second-order valence-electron chi connectivity index (χ2n) is 8.79. The van der Waals surface area contributed by atoms with Crippen molar-refractivity contribution in [3.05, 3.63) is 53.6 Å². The molecule has 2 amide bonds. The fourth-order valence-electron chi connectivity index (χ4n) is 4.38. The number of nitrogens with one attached hydrogen (secondary N) is 2. The first-order valence-electron chi connectivity index (χ1n) is 11.8. The van der Waals surface area contributed by atoms with E-state index in [1.54, 1.807) is 43.1 Å². The van der Waals surface area contributed by atoms with Gasteiger partial charge in [0.1, 0.15) is 11.5 Å². The average molecular weight is 499 g/mol. The fourth-order valence-corrected chi connectivity index (χ4v) is 5.58. The Balaban J connectivity index is 1.15. The van der Waals surface area contributed by atoms with E-state index < -0.39 is 5.97 Å². The number of hydrogen-bond donors (Lipinski definition) is 3. The molecule has 2 aliphatic rings. The minimum absolute atomic E-state index is 0.00161. The van der Waals surface area contributed by atoms with Gasteiger partial charge in [-0.3, -0.25) is 14.4 Å². The van der Waals surface area contributed by atoms with Gasteiger partial charge >= 0.3 is 5.97 Å². The van der Waals surface area contributed by atoms with Crippen LogP contribution in [0.2, 0.25) is 0 Å². The predicted octanol–water partition coefficient (Wildman–Crippen LogP) is 3.28. The number of carboxylic acid groups (broad SMARTS) is 1. The second-order valence-corrected chi connectivity index (χ2v) is 10.0. The van der Waals surface area contributed by atoms with Gasteiger partial charge in [-0.05, 0) is 80.1 Å². The van der Waals surface area contributed by atoms with Gasteiger partial charge in [0.15, 0.2) is 0 Å². The van der Waals surface area contributed by atoms with Crippen molar-refractivity contribution in [2.24, 2.45) is 5.92 Å². The highest BCUT2D eigenvalue weighted by atomic mass is 32.2. The summed E-state index contributed by atoms with van der Waals surface area (Å²) in [4.78, 5) is 37.1. The van der Waals surface area contributed by atoms with E-state index in [2.05, 4.69) is 10.6 Å². The molecule has 1 aliphatic carbocycles. The molecule has 1 fully saturated rings. The predicted molar refractivity (Wildman–Crippen MR) is 132 cm³/mol. The summed E-state index contributed by atoms with van der Waals surface area (Å²) in [6.07, 6.45) is 3.33. The summed E-state index contributed by atoms with van der Waals surface area (Å²) in [5.41, 5.74) is 1.62. The van der Waals surface area contributed by atoms with E-state index in [1.807, 2.05) is 18.2 Å². The third-order valence-electron chi connectivity index (χ3n) is 6.39. The van der Waals surface area contributed by atoms with E-state index in [0.717, 1.165) is 16.2 Å². The van der Waals surface area contributed by atoms with Crippen LogP contribution >= 0.6 is 11.8 Å². The van der Waals surface area contributed by atoms with Crippen molar-refractivity contribution in [1.29, 1.82) is 0 Å². The molecule has 9 heteroatoms. The van der Waals surface area contributed by atoms with Crippen molar-refractivity contribution < 1.29 is 29.0 Å². The van der Waals surface area contributed by atoms with Crippen LogP contribution in [0.3, 0.4) is 0 Å². The molecule has 0 saturated heterocycles. The average Bonchev–Trinajstić information content (AvgIpc) is 3.30. The second kappa shape index (κ2) is 11.5. The lowest BCUT2D eigenvalue weighted by Crippen LogP contribution is -2.38. The van der Waals surface area contributed by atoms with Crippen LogP contribution in [0, 0.1) is 5.92 Å². The molecule has 0 bridgehead atoms. The molecule has 2 aromatic rings. The maximum Gasteiger partial charge on any atom is 0.306 e. The van der Waals surface area contributed by atoms with E-state index in [-0.39, 0.29) is 29.1 Å². The van der Waals surface area contributed by atoms with Crippen molar-refractivity contribution >= 4 is 29.5 Å². The number of carboxylic acids is 1. The van der Waals surface area contributed by atoms with Crippen LogP contribution in [0.4, 0.5) is 0 Å². The molecule has 1 saturated carbocycles. The summed E-state index contributed by atoms with van der Waals surface area (Å²) in [5, 5.41) is 14.6. The van der Waals surface area contributed by atoms with Crippen LogP contribution in [0.15, 0.2) is 47.4 Å². The normalized spacial score (nSPS) is 21.0. The number of hydrogen-bond acceptors (Lipinski definition) is 6. The van der Waals surface area contributed by atoms with Crippen molar-refractivity contribution in [1.82, 2.24) is 10.6 Å². The Morgan fingerprint density at radius 2 is 1.66 bits per heavy atom. The lowest BCUT2D eigenvalue weighted by atomic mass is 9.87. The van der Waals surface area contributed by atoms with Crippen LogP contribution in [0.25, 0.3) is 0 Å². The minimum Gasteiger partial charge on any atom is -0.497 e. The summed E-state index contributed by atoms with van der Waals surface area (Å²) < 4.78 is 11.2. The number of aliphatic carboxylic acids is 1. The quantitative estimate of drug-likeness (QED) is 0.455. The number of amides is 2. The van der Waals surface area contributed by atoms with Crippen molar-refractivity contribution in [2.45, 2.75) is 48.4 Å². The molecule has 0 radical (unpaired) electrons. The molecule has 2 aromatic carbocycles. The molecule has 3 N–H and O–H groups in total. The molecule has 186 valence electrons. The highest BCUT2D eigenvalue weighted by Gasteiger charge is 2.29. The number of thioether (sulfide) groups is 1. The zero-order chi connectivity index (χ0) is 24.8. The van der Waals surface area contributed by atoms with E-state index in [0.29, 0.717) is 56.5 Å². The van der Waals surface area contributed by atoms with Gasteiger partial charge in [-0.15, -0.1) is 11.8 Å². The Hall–Kier alpha value is -3.20. The van der Waals surface area contributed by atoms with Crippen LogP contribution < -0.4 is 20.1 Å². The van der Waals surface area contributed by atoms with Gasteiger partial charge in [0.05, 0.1) is 24.4 Å². The molecule has 35 heavy (non-hydrogen) atoms. The highest BCUT2D eigenvalue weighted by molar-refractivity contribution is 8.01. The SMILES string of the molecule is COc1ccc2c(c1)CC(C(=O)NCCNC(=O)c1ccc(O[C@H]3CC[C@@H](C(=O)O)CC3)cc1)S2. The molecule has 0 spiro atoms. The lowest BCUT2D eigenvalue weighted by molar-refractivity contribution is -0.143. The van der Waals surface area contributed by atoms with E-state index in [4.69, 9.17) is 14.6 Å². The first-order valence-corrected chi connectivity index (χ1v) is 12.7. The zero-order valence-corrected chi connectivity index (χ0v) is 20.4. The summed E-state index contributed by atoms with van der Waals surface area (Å²) >= 11 is 1.55. The molecule has 8 nitrogen and oxygen atoms in total. The van der Waals surface area contributed by atoms with Crippen molar-refractivity contribution in [3.8, 4) is 11.5 Å². The topological polar surface area (TPSA) is 114 Å². The largest absolute Gasteiger partial charge is 0.497 e.